The van der Waals surface area contributed by atoms with Gasteiger partial charge in [0.2, 0.25) is 0 Å². The number of hydrogen-bond acceptors (Lipinski definition) is 3. The molecule has 0 atom stereocenters. The lowest BCUT2D eigenvalue weighted by Crippen LogP contribution is -2.40. The number of aromatic amines is 2. The molecule has 7 heteroatoms. The third-order valence-corrected chi connectivity index (χ3v) is 5.80. The molecule has 3 heterocycles. The highest BCUT2D eigenvalue weighted by Gasteiger charge is 2.27. The third kappa shape index (κ3) is 2.99. The van der Waals surface area contributed by atoms with Gasteiger partial charge in [0.05, 0.1) is 18.1 Å². The molecule has 2 aromatic heterocycles. The normalized spacial score (nSPS) is 15.3. The van der Waals surface area contributed by atoms with Crippen molar-refractivity contribution < 1.29 is 9.53 Å². The van der Waals surface area contributed by atoms with Gasteiger partial charge in [-0.2, -0.15) is 0 Å². The van der Waals surface area contributed by atoms with E-state index in [1.54, 1.807) is 7.11 Å². The summed E-state index contributed by atoms with van der Waals surface area (Å²) in [5, 5.41) is 0.952. The summed E-state index contributed by atoms with van der Waals surface area (Å²) in [6, 6.07) is 15.4. The molecule has 7 nitrogen and oxygen atoms in total. The molecule has 4 aromatic rings. The summed E-state index contributed by atoms with van der Waals surface area (Å²) in [6.45, 7) is 1.24. The van der Waals surface area contributed by atoms with Gasteiger partial charge in [0.25, 0.3) is 5.91 Å². The van der Waals surface area contributed by atoms with Crippen LogP contribution in [0, 0.1) is 0 Å². The molecule has 5 rings (SSSR count). The summed E-state index contributed by atoms with van der Waals surface area (Å²) < 4.78 is 7.10. The van der Waals surface area contributed by atoms with Crippen LogP contribution in [-0.2, 0) is 0 Å². The van der Waals surface area contributed by atoms with Crippen molar-refractivity contribution in [1.29, 1.82) is 0 Å². The molecule has 148 valence electrons. The molecule has 29 heavy (non-hydrogen) atoms. The molecule has 0 bridgehead atoms. The SMILES string of the molecule is COc1ccc2[nH]c(C(=O)N3CCC(n4c(=O)[nH]c5ccccc54)CC3)cc2c1. The third-order valence-electron chi connectivity index (χ3n) is 5.80. The van der Waals surface area contributed by atoms with Gasteiger partial charge in [-0.15, -0.1) is 0 Å². The molecule has 0 aliphatic carbocycles. The van der Waals surface area contributed by atoms with Gasteiger partial charge in [-0.05, 0) is 49.2 Å². The van der Waals surface area contributed by atoms with Crippen LogP contribution in [0.25, 0.3) is 21.9 Å². The monoisotopic (exact) mass is 390 g/mol. The summed E-state index contributed by atoms with van der Waals surface area (Å²) in [4.78, 5) is 33.4. The number of imidazole rings is 1. The first kappa shape index (κ1) is 17.6. The highest BCUT2D eigenvalue weighted by Crippen LogP contribution is 2.27. The molecule has 2 N–H and O–H groups in total. The second-order valence-corrected chi connectivity index (χ2v) is 7.48. The number of fused-ring (bicyclic) bond motifs is 2. The Bertz CT molecular complexity index is 1260. The zero-order chi connectivity index (χ0) is 20.0. The molecular weight excluding hydrogens is 368 g/mol. The predicted molar refractivity (Wildman–Crippen MR) is 112 cm³/mol. The van der Waals surface area contributed by atoms with E-state index in [0.717, 1.165) is 40.5 Å². The van der Waals surface area contributed by atoms with Crippen molar-refractivity contribution in [2.75, 3.05) is 20.2 Å². The van der Waals surface area contributed by atoms with E-state index in [2.05, 4.69) is 9.97 Å². The number of amides is 1. The fourth-order valence-electron chi connectivity index (χ4n) is 4.29. The number of hydrogen-bond donors (Lipinski definition) is 2. The van der Waals surface area contributed by atoms with Crippen LogP contribution in [0.2, 0.25) is 0 Å². The average Bonchev–Trinajstić information content (AvgIpc) is 3.32. The fourth-order valence-corrected chi connectivity index (χ4v) is 4.29. The van der Waals surface area contributed by atoms with Crippen molar-refractivity contribution in [3.05, 3.63) is 64.7 Å². The Labute approximate surface area is 166 Å². The van der Waals surface area contributed by atoms with E-state index in [1.807, 2.05) is 58.0 Å². The quantitative estimate of drug-likeness (QED) is 0.563. The van der Waals surface area contributed by atoms with Gasteiger partial charge in [0, 0.05) is 30.0 Å². The van der Waals surface area contributed by atoms with Crippen LogP contribution in [0.5, 0.6) is 5.75 Å². The number of piperidine rings is 1. The van der Waals surface area contributed by atoms with Gasteiger partial charge in [-0.25, -0.2) is 4.79 Å². The number of para-hydroxylation sites is 2. The van der Waals surface area contributed by atoms with E-state index in [9.17, 15) is 9.59 Å². The van der Waals surface area contributed by atoms with Crippen LogP contribution in [0.1, 0.15) is 29.4 Å². The van der Waals surface area contributed by atoms with E-state index in [0.29, 0.717) is 18.8 Å². The van der Waals surface area contributed by atoms with Crippen LogP contribution in [0.15, 0.2) is 53.3 Å². The van der Waals surface area contributed by atoms with Crippen molar-refractivity contribution >= 4 is 27.8 Å². The Morgan fingerprint density at radius 2 is 1.83 bits per heavy atom. The Balaban J connectivity index is 1.34. The number of carbonyl (C=O) groups excluding carboxylic acids is 1. The number of nitrogens with zero attached hydrogens (tertiary/aromatic N) is 2. The number of H-pyrrole nitrogens is 2. The van der Waals surface area contributed by atoms with Crippen LogP contribution in [0.3, 0.4) is 0 Å². The van der Waals surface area contributed by atoms with E-state index in [-0.39, 0.29) is 17.6 Å². The molecule has 1 saturated heterocycles. The number of methoxy groups -OCH3 is 1. The van der Waals surface area contributed by atoms with Gasteiger partial charge in [-0.1, -0.05) is 12.1 Å². The predicted octanol–water partition coefficient (Wildman–Crippen LogP) is 3.30. The minimum Gasteiger partial charge on any atom is -0.497 e. The zero-order valence-electron chi connectivity index (χ0n) is 16.1. The molecule has 2 aromatic carbocycles. The van der Waals surface area contributed by atoms with E-state index >= 15 is 0 Å². The van der Waals surface area contributed by atoms with Crippen molar-refractivity contribution in [3.8, 4) is 5.75 Å². The first-order valence-corrected chi connectivity index (χ1v) is 9.79. The first-order chi connectivity index (χ1) is 14.1. The highest BCUT2D eigenvalue weighted by atomic mass is 16.5. The summed E-state index contributed by atoms with van der Waals surface area (Å²) in [5.41, 5.74) is 3.18. The molecule has 1 aliphatic heterocycles. The Morgan fingerprint density at radius 1 is 1.03 bits per heavy atom. The number of nitrogens with one attached hydrogen (secondary N) is 2. The molecular formula is C22H22N4O3. The van der Waals surface area contributed by atoms with Gasteiger partial charge >= 0.3 is 5.69 Å². The van der Waals surface area contributed by atoms with Crippen LogP contribution in [0.4, 0.5) is 0 Å². The maximum Gasteiger partial charge on any atom is 0.326 e. The number of aromatic nitrogens is 3. The summed E-state index contributed by atoms with van der Waals surface area (Å²) in [5.74, 6) is 0.755. The smallest absolute Gasteiger partial charge is 0.326 e. The summed E-state index contributed by atoms with van der Waals surface area (Å²) in [7, 11) is 1.63. The van der Waals surface area contributed by atoms with Crippen LogP contribution in [-0.4, -0.2) is 45.5 Å². The number of benzene rings is 2. The second-order valence-electron chi connectivity index (χ2n) is 7.48. The number of carbonyl (C=O) groups is 1. The lowest BCUT2D eigenvalue weighted by molar-refractivity contribution is 0.0690. The van der Waals surface area contributed by atoms with Gasteiger partial charge < -0.3 is 19.6 Å². The molecule has 0 radical (unpaired) electrons. The van der Waals surface area contributed by atoms with E-state index in [1.165, 1.54) is 0 Å². The minimum absolute atomic E-state index is 0.00936. The largest absolute Gasteiger partial charge is 0.497 e. The van der Waals surface area contributed by atoms with Crippen molar-refractivity contribution in [2.24, 2.45) is 0 Å². The highest BCUT2D eigenvalue weighted by molar-refractivity contribution is 5.98. The fraction of sp³-hybridized carbons (Fsp3) is 0.273. The van der Waals surface area contributed by atoms with Crippen molar-refractivity contribution in [3.63, 3.8) is 0 Å². The van der Waals surface area contributed by atoms with Gasteiger partial charge in [0.15, 0.2) is 0 Å². The lowest BCUT2D eigenvalue weighted by atomic mass is 10.0. The number of likely N-dealkylation sites (tertiary alicyclic amines) is 1. The van der Waals surface area contributed by atoms with E-state index < -0.39 is 0 Å². The van der Waals surface area contributed by atoms with Gasteiger partial charge in [-0.3, -0.25) is 9.36 Å². The first-order valence-electron chi connectivity index (χ1n) is 9.79. The molecule has 0 saturated carbocycles. The summed E-state index contributed by atoms with van der Waals surface area (Å²) in [6.07, 6.45) is 1.50. The Kier molecular flexibility index (Phi) is 4.16. The van der Waals surface area contributed by atoms with Crippen molar-refractivity contribution in [2.45, 2.75) is 18.9 Å². The second kappa shape index (κ2) is 6.84. The molecule has 1 amide bonds. The molecule has 0 spiro atoms. The molecule has 1 aliphatic rings. The lowest BCUT2D eigenvalue weighted by Gasteiger charge is -2.32. The standard InChI is InChI=1S/C22H22N4O3/c1-29-16-6-7-17-14(12-16)13-19(23-17)21(27)25-10-8-15(9-11-25)26-20-5-3-2-4-18(20)24-22(26)28/h2-7,12-13,15,23H,8-11H2,1H3,(H,24,28). The van der Waals surface area contributed by atoms with Gasteiger partial charge in [0.1, 0.15) is 11.4 Å². The average molecular weight is 390 g/mol. The number of rotatable bonds is 3. The minimum atomic E-state index is -0.0828. The van der Waals surface area contributed by atoms with E-state index in [4.69, 9.17) is 4.74 Å². The topological polar surface area (TPSA) is 83.1 Å². The Morgan fingerprint density at radius 3 is 2.62 bits per heavy atom. The zero-order valence-corrected chi connectivity index (χ0v) is 16.1. The maximum absolute atomic E-state index is 13.0. The Hall–Kier alpha value is -3.48. The number of ether oxygens (including phenoxy) is 1. The summed E-state index contributed by atoms with van der Waals surface area (Å²) >= 11 is 0. The molecule has 1 fully saturated rings. The molecule has 0 unspecified atom stereocenters. The maximum atomic E-state index is 13.0. The van der Waals surface area contributed by atoms with Crippen LogP contribution >= 0.6 is 0 Å². The van der Waals surface area contributed by atoms with Crippen LogP contribution < -0.4 is 10.4 Å². The van der Waals surface area contributed by atoms with Crippen molar-refractivity contribution in [1.82, 2.24) is 19.4 Å².